The van der Waals surface area contributed by atoms with Crippen molar-refractivity contribution in [2.75, 3.05) is 6.54 Å². The van der Waals surface area contributed by atoms with Crippen LogP contribution in [0.25, 0.3) is 10.9 Å². The van der Waals surface area contributed by atoms with Crippen molar-refractivity contribution < 1.29 is 39.0 Å². The number of aromatic amines is 1. The first kappa shape index (κ1) is 34.9. The molecule has 0 spiro atoms. The number of rotatable bonds is 15. The van der Waals surface area contributed by atoms with E-state index in [2.05, 4.69) is 36.4 Å². The fourth-order valence-corrected chi connectivity index (χ4v) is 5.17. The summed E-state index contributed by atoms with van der Waals surface area (Å²) in [6.45, 7) is -0.741. The van der Waals surface area contributed by atoms with Crippen molar-refractivity contribution in [3.63, 3.8) is 0 Å². The Morgan fingerprint density at radius 3 is 2.16 bits per heavy atom. The molecule has 16 heteroatoms. The zero-order chi connectivity index (χ0) is 35.6. The lowest BCUT2D eigenvalue weighted by Crippen LogP contribution is -2.53. The summed E-state index contributed by atoms with van der Waals surface area (Å²) >= 11 is 0. The molecule has 50 heavy (non-hydrogen) atoms. The Morgan fingerprint density at radius 1 is 0.820 bits per heavy atom. The monoisotopic (exact) mass is 684 g/mol. The molecule has 0 aliphatic carbocycles. The summed E-state index contributed by atoms with van der Waals surface area (Å²) in [5.74, 6) is -2.28. The van der Waals surface area contributed by atoms with Gasteiger partial charge < -0.3 is 51.8 Å². The van der Waals surface area contributed by atoms with Gasteiger partial charge in [0, 0.05) is 29.9 Å². The average Bonchev–Trinajstić information content (AvgIpc) is 3.75. The third-order valence-electron chi connectivity index (χ3n) is 7.76. The second kappa shape index (κ2) is 16.1. The van der Waals surface area contributed by atoms with Crippen LogP contribution < -0.4 is 27.0 Å². The average molecular weight is 685 g/mol. The summed E-state index contributed by atoms with van der Waals surface area (Å²) in [6.07, 6.45) is 2.07. The van der Waals surface area contributed by atoms with Gasteiger partial charge in [0.2, 0.25) is 17.7 Å². The maximum absolute atomic E-state index is 13.2. The third-order valence-corrected chi connectivity index (χ3v) is 7.76. The highest BCUT2D eigenvalue weighted by atomic mass is 16.5. The third kappa shape index (κ3) is 9.57. The standard InChI is InChI=1S/C34H36N8O8/c35-25(13-19-5-9-22(43)10-6-19)31-41-30(50-42-31)18-38-34(49)40-27(14-20-7-11-23(44)12-8-20)32(46)37-17-29(45)39-28(33(47)48)15-21-16-36-26-4-2-1-3-24(21)26/h1-12,16,25,27-28,36,43-44H,13-15,17-18,35H2,(H,37,46)(H,39,45)(H,47,48)(H2,38,40,49)/t25-,27-,28-/m0/s1. The van der Waals surface area contributed by atoms with Gasteiger partial charge >= 0.3 is 12.0 Å². The molecule has 0 bridgehead atoms. The summed E-state index contributed by atoms with van der Waals surface area (Å²) in [7, 11) is 0. The fourth-order valence-electron chi connectivity index (χ4n) is 5.17. The Kier molecular flexibility index (Phi) is 11.3. The predicted molar refractivity (Wildman–Crippen MR) is 179 cm³/mol. The van der Waals surface area contributed by atoms with Crippen LogP contribution in [0.4, 0.5) is 4.79 Å². The van der Waals surface area contributed by atoms with Crippen LogP contribution in [0.1, 0.15) is 34.4 Å². The first-order valence-electron chi connectivity index (χ1n) is 15.6. The van der Waals surface area contributed by atoms with Gasteiger partial charge in [-0.05, 0) is 53.4 Å². The highest BCUT2D eigenvalue weighted by molar-refractivity contribution is 5.92. The number of fused-ring (bicyclic) bond motifs is 1. The Hall–Kier alpha value is -6.42. The van der Waals surface area contributed by atoms with Crippen LogP contribution in [0, 0.1) is 0 Å². The van der Waals surface area contributed by atoms with Crippen molar-refractivity contribution in [1.29, 1.82) is 0 Å². The van der Waals surface area contributed by atoms with Gasteiger partial charge in [-0.25, -0.2) is 9.59 Å². The van der Waals surface area contributed by atoms with Crippen molar-refractivity contribution >= 4 is 34.7 Å². The van der Waals surface area contributed by atoms with Gasteiger partial charge in [-0.1, -0.05) is 47.6 Å². The minimum atomic E-state index is -1.26. The minimum absolute atomic E-state index is 0.00368. The zero-order valence-corrected chi connectivity index (χ0v) is 26.6. The molecule has 260 valence electrons. The number of urea groups is 1. The lowest BCUT2D eigenvalue weighted by Gasteiger charge is -2.19. The number of aliphatic carboxylic acids is 1. The fraction of sp³-hybridized carbons (Fsp3) is 0.235. The maximum Gasteiger partial charge on any atom is 0.326 e. The Labute approximate surface area is 285 Å². The minimum Gasteiger partial charge on any atom is -0.508 e. The van der Waals surface area contributed by atoms with Crippen molar-refractivity contribution in [3.05, 3.63) is 107 Å². The van der Waals surface area contributed by atoms with Gasteiger partial charge in [0.05, 0.1) is 19.1 Å². The van der Waals surface area contributed by atoms with Gasteiger partial charge in [0.15, 0.2) is 5.82 Å². The number of phenols is 2. The van der Waals surface area contributed by atoms with Crippen LogP contribution >= 0.6 is 0 Å². The second-order valence-corrected chi connectivity index (χ2v) is 11.5. The number of carbonyl (C=O) groups is 4. The number of H-pyrrole nitrogens is 1. The van der Waals surface area contributed by atoms with E-state index in [0.717, 1.165) is 16.5 Å². The van der Waals surface area contributed by atoms with E-state index in [4.69, 9.17) is 10.3 Å². The molecule has 5 rings (SSSR count). The van der Waals surface area contributed by atoms with Gasteiger partial charge in [-0.2, -0.15) is 4.98 Å². The molecule has 0 aliphatic heterocycles. The zero-order valence-electron chi connectivity index (χ0n) is 26.6. The molecule has 2 aromatic heterocycles. The molecule has 0 saturated heterocycles. The number of carboxylic acid groups (broad SMARTS) is 1. The van der Waals surface area contributed by atoms with Crippen LogP contribution in [0.15, 0.2) is 83.5 Å². The van der Waals surface area contributed by atoms with Gasteiger partial charge in [-0.15, -0.1) is 0 Å². The van der Waals surface area contributed by atoms with Crippen molar-refractivity contribution in [1.82, 2.24) is 36.4 Å². The van der Waals surface area contributed by atoms with E-state index in [9.17, 15) is 34.5 Å². The summed E-state index contributed by atoms with van der Waals surface area (Å²) in [6, 6.07) is 16.1. The molecular formula is C34H36N8O8. The van der Waals surface area contributed by atoms with E-state index in [0.29, 0.717) is 17.5 Å². The number of para-hydroxylation sites is 1. The molecule has 3 atom stereocenters. The first-order chi connectivity index (χ1) is 24.0. The summed E-state index contributed by atoms with van der Waals surface area (Å²) in [5.41, 5.74) is 9.17. The lowest BCUT2D eigenvalue weighted by molar-refractivity contribution is -0.141. The highest BCUT2D eigenvalue weighted by Crippen LogP contribution is 2.20. The molecule has 16 nitrogen and oxygen atoms in total. The number of nitrogens with two attached hydrogens (primary N) is 1. The Balaban J connectivity index is 1.16. The summed E-state index contributed by atoms with van der Waals surface area (Å²) < 4.78 is 5.20. The molecule has 4 amide bonds. The first-order valence-corrected chi connectivity index (χ1v) is 15.6. The van der Waals surface area contributed by atoms with E-state index in [1.807, 2.05) is 24.3 Å². The molecule has 10 N–H and O–H groups in total. The van der Waals surface area contributed by atoms with Gasteiger partial charge in [-0.3, -0.25) is 9.59 Å². The molecular weight excluding hydrogens is 648 g/mol. The van der Waals surface area contributed by atoms with E-state index in [1.165, 1.54) is 12.1 Å². The van der Waals surface area contributed by atoms with Crippen molar-refractivity contribution in [2.24, 2.45) is 5.73 Å². The lowest BCUT2D eigenvalue weighted by atomic mass is 10.0. The van der Waals surface area contributed by atoms with E-state index in [1.54, 1.807) is 42.6 Å². The van der Waals surface area contributed by atoms with E-state index < -0.39 is 48.5 Å². The molecule has 0 fully saturated rings. The van der Waals surface area contributed by atoms with Crippen molar-refractivity contribution in [3.8, 4) is 11.5 Å². The smallest absolute Gasteiger partial charge is 0.326 e. The normalized spacial score (nSPS) is 12.8. The number of phenolic OH excluding ortho intramolecular Hbond substituents is 2. The van der Waals surface area contributed by atoms with Crippen LogP contribution in [-0.4, -0.2) is 72.9 Å². The molecule has 0 saturated carbocycles. The SMILES string of the molecule is N[C@@H](Cc1ccc(O)cc1)c1noc(CNC(=O)N[C@@H](Cc2ccc(O)cc2)C(=O)NCC(=O)N[C@@H](Cc2c[nH]c3ccccc23)C(=O)O)n1. The molecule has 0 unspecified atom stereocenters. The predicted octanol–water partition coefficient (Wildman–Crippen LogP) is 1.54. The Morgan fingerprint density at radius 2 is 1.48 bits per heavy atom. The summed E-state index contributed by atoms with van der Waals surface area (Å²) in [5, 5.41) is 43.6. The van der Waals surface area contributed by atoms with Crippen LogP contribution in [0.5, 0.6) is 11.5 Å². The summed E-state index contributed by atoms with van der Waals surface area (Å²) in [4.78, 5) is 58.1. The number of carbonyl (C=O) groups excluding carboxylic acids is 3. The maximum atomic E-state index is 13.2. The van der Waals surface area contributed by atoms with E-state index >= 15 is 0 Å². The highest BCUT2D eigenvalue weighted by Gasteiger charge is 2.25. The van der Waals surface area contributed by atoms with E-state index in [-0.39, 0.29) is 42.6 Å². The number of amides is 4. The quantitative estimate of drug-likeness (QED) is 0.0764. The number of hydrogen-bond donors (Lipinski definition) is 9. The Bertz CT molecular complexity index is 1940. The number of carboxylic acids is 1. The van der Waals surface area contributed by atoms with Crippen LogP contribution in [0.3, 0.4) is 0 Å². The number of aromatic hydroxyl groups is 2. The second-order valence-electron chi connectivity index (χ2n) is 11.5. The number of aromatic nitrogens is 3. The number of nitrogens with one attached hydrogen (secondary N) is 5. The molecule has 0 radical (unpaired) electrons. The molecule has 3 aromatic carbocycles. The van der Waals surface area contributed by atoms with Crippen molar-refractivity contribution in [2.45, 2.75) is 43.9 Å². The van der Waals surface area contributed by atoms with Crippen LogP contribution in [-0.2, 0) is 40.2 Å². The molecule has 5 aromatic rings. The topological polar surface area (TPSA) is 258 Å². The largest absolute Gasteiger partial charge is 0.508 e. The number of hydrogen-bond acceptors (Lipinski definition) is 10. The van der Waals surface area contributed by atoms with Gasteiger partial charge in [0.25, 0.3) is 0 Å². The number of nitrogens with zero attached hydrogens (tertiary/aromatic N) is 2. The molecule has 0 aliphatic rings. The number of benzene rings is 3. The van der Waals surface area contributed by atoms with Gasteiger partial charge in [0.1, 0.15) is 23.6 Å². The molecule has 2 heterocycles. The van der Waals surface area contributed by atoms with Crippen LogP contribution in [0.2, 0.25) is 0 Å².